The maximum absolute atomic E-state index is 10.2. The lowest BCUT2D eigenvalue weighted by Crippen LogP contribution is -2.24. The van der Waals surface area contributed by atoms with Crippen molar-refractivity contribution in [3.8, 4) is 5.75 Å². The number of benzene rings is 1. The maximum Gasteiger partial charge on any atom is 0.119 e. The Bertz CT molecular complexity index is 556. The molecule has 0 aliphatic carbocycles. The summed E-state index contributed by atoms with van der Waals surface area (Å²) in [6.45, 7) is 4.57. The molecule has 0 aliphatic rings. The molecule has 2 rings (SSSR count). The van der Waals surface area contributed by atoms with Crippen molar-refractivity contribution in [2.75, 3.05) is 13.7 Å². The molecule has 1 heterocycles. The number of hydrogen-bond donors (Lipinski definition) is 2. The molecule has 0 fully saturated rings. The van der Waals surface area contributed by atoms with E-state index in [2.05, 4.69) is 17.2 Å². The first-order valence-corrected chi connectivity index (χ1v) is 7.39. The summed E-state index contributed by atoms with van der Waals surface area (Å²) in [5.74, 6) is 0.755. The molecule has 0 saturated heterocycles. The fourth-order valence-electron chi connectivity index (χ4n) is 1.91. The van der Waals surface area contributed by atoms with E-state index in [9.17, 15) is 5.11 Å². The molecular weight excluding hydrogens is 272 g/mol. The molecule has 0 bridgehead atoms. The summed E-state index contributed by atoms with van der Waals surface area (Å²) < 4.78 is 5.16. The van der Waals surface area contributed by atoms with E-state index in [1.807, 2.05) is 37.4 Å². The van der Waals surface area contributed by atoms with Gasteiger partial charge >= 0.3 is 0 Å². The lowest BCUT2D eigenvalue weighted by molar-refractivity contribution is 0.170. The van der Waals surface area contributed by atoms with Gasteiger partial charge in [-0.25, -0.2) is 4.98 Å². The second kappa shape index (κ2) is 6.83. The van der Waals surface area contributed by atoms with Gasteiger partial charge in [-0.1, -0.05) is 12.1 Å². The molecular formula is C15H20N2O2S. The van der Waals surface area contributed by atoms with Crippen molar-refractivity contribution in [2.45, 2.75) is 26.0 Å². The van der Waals surface area contributed by atoms with Crippen molar-refractivity contribution < 1.29 is 9.84 Å². The van der Waals surface area contributed by atoms with Crippen LogP contribution in [0.3, 0.4) is 0 Å². The lowest BCUT2D eigenvalue weighted by atomic mass is 10.1. The number of thiazole rings is 1. The molecule has 20 heavy (non-hydrogen) atoms. The third-order valence-electron chi connectivity index (χ3n) is 3.11. The molecule has 4 nitrogen and oxygen atoms in total. The minimum absolute atomic E-state index is 0.133. The normalized spacial score (nSPS) is 14.0. The van der Waals surface area contributed by atoms with Crippen molar-refractivity contribution in [3.63, 3.8) is 0 Å². The first-order chi connectivity index (χ1) is 9.60. The average Bonchev–Trinajstić information content (AvgIpc) is 2.91. The van der Waals surface area contributed by atoms with Crippen LogP contribution in [-0.4, -0.2) is 23.7 Å². The quantitative estimate of drug-likeness (QED) is 0.859. The van der Waals surface area contributed by atoms with Crippen LogP contribution in [0.5, 0.6) is 5.75 Å². The Morgan fingerprint density at radius 2 is 2.25 bits per heavy atom. The van der Waals surface area contributed by atoms with Crippen LogP contribution in [0.1, 0.15) is 34.5 Å². The molecule has 2 unspecified atom stereocenters. The predicted octanol–water partition coefficient (Wildman–Crippen LogP) is 2.84. The Hall–Kier alpha value is -1.43. The SMILES string of the molecule is COc1cccc(C(O)CNC(C)c2ncc(C)s2)c1. The first kappa shape index (κ1) is 15.0. The van der Waals surface area contributed by atoms with Gasteiger partial charge in [0.05, 0.1) is 19.3 Å². The molecule has 0 amide bonds. The fraction of sp³-hybridized carbons (Fsp3) is 0.400. The third kappa shape index (κ3) is 3.79. The Balaban J connectivity index is 1.92. The summed E-state index contributed by atoms with van der Waals surface area (Å²) in [7, 11) is 1.62. The van der Waals surface area contributed by atoms with Crippen LogP contribution in [-0.2, 0) is 0 Å². The largest absolute Gasteiger partial charge is 0.497 e. The van der Waals surface area contributed by atoms with Crippen molar-refractivity contribution in [3.05, 3.63) is 45.9 Å². The molecule has 1 aromatic carbocycles. The highest BCUT2D eigenvalue weighted by Gasteiger charge is 2.13. The van der Waals surface area contributed by atoms with Crippen molar-refractivity contribution in [2.24, 2.45) is 0 Å². The van der Waals surface area contributed by atoms with E-state index in [1.165, 1.54) is 4.88 Å². The molecule has 0 aliphatic heterocycles. The molecule has 0 saturated carbocycles. The Kier molecular flexibility index (Phi) is 5.11. The van der Waals surface area contributed by atoms with Gasteiger partial charge in [0.1, 0.15) is 10.8 Å². The summed E-state index contributed by atoms with van der Waals surface area (Å²) >= 11 is 1.67. The van der Waals surface area contributed by atoms with E-state index in [0.717, 1.165) is 16.3 Å². The van der Waals surface area contributed by atoms with Crippen molar-refractivity contribution >= 4 is 11.3 Å². The van der Waals surface area contributed by atoms with E-state index < -0.39 is 6.10 Å². The smallest absolute Gasteiger partial charge is 0.119 e. The van der Waals surface area contributed by atoms with Gasteiger partial charge in [0, 0.05) is 17.6 Å². The standard InChI is InChI=1S/C15H20N2O2S/c1-10-8-17-15(20-10)11(2)16-9-14(18)12-5-4-6-13(7-12)19-3/h4-8,11,14,16,18H,9H2,1-3H3. The van der Waals surface area contributed by atoms with E-state index >= 15 is 0 Å². The first-order valence-electron chi connectivity index (χ1n) is 6.58. The summed E-state index contributed by atoms with van der Waals surface area (Å²) in [5, 5.41) is 14.6. The number of nitrogens with one attached hydrogen (secondary N) is 1. The number of aryl methyl sites for hydroxylation is 1. The number of hydrogen-bond acceptors (Lipinski definition) is 5. The van der Waals surface area contributed by atoms with E-state index in [1.54, 1.807) is 18.4 Å². The molecule has 108 valence electrons. The highest BCUT2D eigenvalue weighted by atomic mass is 32.1. The average molecular weight is 292 g/mol. The van der Waals surface area contributed by atoms with Crippen LogP contribution in [0, 0.1) is 6.92 Å². The number of ether oxygens (including phenoxy) is 1. The third-order valence-corrected chi connectivity index (χ3v) is 4.20. The summed E-state index contributed by atoms with van der Waals surface area (Å²) in [4.78, 5) is 5.54. The zero-order valence-electron chi connectivity index (χ0n) is 12.0. The fourth-order valence-corrected chi connectivity index (χ4v) is 2.72. The van der Waals surface area contributed by atoms with Gasteiger partial charge < -0.3 is 15.2 Å². The zero-order valence-corrected chi connectivity index (χ0v) is 12.8. The molecule has 2 aromatic rings. The Labute approximate surface area is 123 Å². The van der Waals surface area contributed by atoms with Gasteiger partial charge in [-0.05, 0) is 31.5 Å². The molecule has 0 radical (unpaired) electrons. The van der Waals surface area contributed by atoms with Gasteiger partial charge in [-0.15, -0.1) is 11.3 Å². The van der Waals surface area contributed by atoms with Crippen LogP contribution >= 0.6 is 11.3 Å². The van der Waals surface area contributed by atoms with Gasteiger partial charge in [0.15, 0.2) is 0 Å². The van der Waals surface area contributed by atoms with Crippen LogP contribution in [0.4, 0.5) is 0 Å². The van der Waals surface area contributed by atoms with Gasteiger partial charge in [-0.2, -0.15) is 0 Å². The van der Waals surface area contributed by atoms with Crippen LogP contribution in [0.25, 0.3) is 0 Å². The maximum atomic E-state index is 10.2. The molecule has 2 atom stereocenters. The summed E-state index contributed by atoms with van der Waals surface area (Å²) in [6, 6.07) is 7.63. The summed E-state index contributed by atoms with van der Waals surface area (Å²) in [5.41, 5.74) is 0.847. The Morgan fingerprint density at radius 3 is 2.90 bits per heavy atom. The molecule has 1 aromatic heterocycles. The lowest BCUT2D eigenvalue weighted by Gasteiger charge is -2.16. The Morgan fingerprint density at radius 1 is 1.45 bits per heavy atom. The highest BCUT2D eigenvalue weighted by molar-refractivity contribution is 7.11. The minimum atomic E-state index is -0.561. The molecule has 5 heteroatoms. The number of aliphatic hydroxyl groups excluding tert-OH is 1. The van der Waals surface area contributed by atoms with Crippen molar-refractivity contribution in [1.82, 2.24) is 10.3 Å². The molecule has 0 spiro atoms. The number of rotatable bonds is 6. The van der Waals surface area contributed by atoms with Crippen LogP contribution in [0.15, 0.2) is 30.5 Å². The van der Waals surface area contributed by atoms with Gasteiger partial charge in [0.2, 0.25) is 0 Å². The minimum Gasteiger partial charge on any atom is -0.497 e. The number of aliphatic hydroxyl groups is 1. The predicted molar refractivity (Wildman–Crippen MR) is 81.2 cm³/mol. The van der Waals surface area contributed by atoms with Crippen molar-refractivity contribution in [1.29, 1.82) is 0 Å². The van der Waals surface area contributed by atoms with E-state index in [-0.39, 0.29) is 6.04 Å². The number of methoxy groups -OCH3 is 1. The van der Waals surface area contributed by atoms with Gasteiger partial charge in [-0.3, -0.25) is 0 Å². The van der Waals surface area contributed by atoms with Crippen LogP contribution < -0.4 is 10.1 Å². The van der Waals surface area contributed by atoms with E-state index in [4.69, 9.17) is 4.74 Å². The van der Waals surface area contributed by atoms with Crippen LogP contribution in [0.2, 0.25) is 0 Å². The number of aromatic nitrogens is 1. The second-order valence-corrected chi connectivity index (χ2v) is 6.00. The monoisotopic (exact) mass is 292 g/mol. The molecule has 2 N–H and O–H groups in total. The number of nitrogens with zero attached hydrogens (tertiary/aromatic N) is 1. The highest BCUT2D eigenvalue weighted by Crippen LogP contribution is 2.21. The van der Waals surface area contributed by atoms with Gasteiger partial charge in [0.25, 0.3) is 0 Å². The zero-order chi connectivity index (χ0) is 14.5. The van der Waals surface area contributed by atoms with E-state index in [0.29, 0.717) is 6.54 Å². The topological polar surface area (TPSA) is 54.4 Å². The second-order valence-electron chi connectivity index (χ2n) is 4.73. The summed E-state index contributed by atoms with van der Waals surface area (Å²) in [6.07, 6.45) is 1.31.